The number of aryl methyl sites for hydroxylation is 1. The van der Waals surface area contributed by atoms with Crippen molar-refractivity contribution < 1.29 is 27.5 Å². The molecule has 0 bridgehead atoms. The molecule has 1 aromatic heterocycles. The Morgan fingerprint density at radius 2 is 1.96 bits per heavy atom. The number of furan rings is 1. The van der Waals surface area contributed by atoms with Crippen LogP contribution in [0.3, 0.4) is 0 Å². The predicted octanol–water partition coefficient (Wildman–Crippen LogP) is 3.09. The largest absolute Gasteiger partial charge is 0.469 e. The Morgan fingerprint density at radius 1 is 1.29 bits per heavy atom. The van der Waals surface area contributed by atoms with Crippen molar-refractivity contribution in [1.82, 2.24) is 5.01 Å². The maximum absolute atomic E-state index is 13.4. The fraction of sp³-hybridized carbons (Fsp3) is 0.250. The van der Waals surface area contributed by atoms with E-state index in [0.717, 1.165) is 0 Å². The summed E-state index contributed by atoms with van der Waals surface area (Å²) in [7, 11) is 0. The fourth-order valence-corrected chi connectivity index (χ4v) is 2.49. The average Bonchev–Trinajstić information content (AvgIpc) is 3.11. The second-order valence-electron chi connectivity index (χ2n) is 5.41. The first-order valence-corrected chi connectivity index (χ1v) is 7.05. The van der Waals surface area contributed by atoms with E-state index >= 15 is 0 Å². The molecule has 0 fully saturated rings. The number of hydrazone groups is 1. The van der Waals surface area contributed by atoms with Crippen LogP contribution in [0.1, 0.15) is 28.1 Å². The van der Waals surface area contributed by atoms with Crippen LogP contribution in [0.4, 0.5) is 13.2 Å². The van der Waals surface area contributed by atoms with Gasteiger partial charge in [0.05, 0.1) is 24.0 Å². The molecule has 5 nitrogen and oxygen atoms in total. The third-order valence-corrected chi connectivity index (χ3v) is 3.83. The third-order valence-electron chi connectivity index (χ3n) is 3.83. The lowest BCUT2D eigenvalue weighted by atomic mass is 10.0. The molecule has 8 heteroatoms. The van der Waals surface area contributed by atoms with Crippen molar-refractivity contribution in [2.45, 2.75) is 25.2 Å². The molecule has 1 aliphatic heterocycles. The first-order valence-electron chi connectivity index (χ1n) is 7.05. The smallest absolute Gasteiger partial charge is 0.438 e. The topological polar surface area (TPSA) is 66.0 Å². The van der Waals surface area contributed by atoms with E-state index in [4.69, 9.17) is 4.42 Å². The van der Waals surface area contributed by atoms with Crippen molar-refractivity contribution in [3.63, 3.8) is 0 Å². The quantitative estimate of drug-likeness (QED) is 0.915. The van der Waals surface area contributed by atoms with Gasteiger partial charge in [0.25, 0.3) is 11.6 Å². The Balaban J connectivity index is 2.06. The number of alkyl halides is 3. The van der Waals surface area contributed by atoms with E-state index in [1.807, 2.05) is 0 Å². The molecule has 0 aliphatic carbocycles. The van der Waals surface area contributed by atoms with Crippen LogP contribution < -0.4 is 0 Å². The van der Waals surface area contributed by atoms with Crippen molar-refractivity contribution in [1.29, 1.82) is 0 Å². The van der Waals surface area contributed by atoms with E-state index in [-0.39, 0.29) is 22.0 Å². The molecule has 24 heavy (non-hydrogen) atoms. The van der Waals surface area contributed by atoms with Gasteiger partial charge < -0.3 is 9.52 Å². The SMILES string of the molecule is Cc1occc1C(=O)N1N=C(c2ccccc2)CC1(O)C(F)(F)F. The Labute approximate surface area is 135 Å². The number of rotatable bonds is 2. The van der Waals surface area contributed by atoms with Gasteiger partial charge in [-0.2, -0.15) is 23.3 Å². The zero-order chi connectivity index (χ0) is 17.5. The summed E-state index contributed by atoms with van der Waals surface area (Å²) in [4.78, 5) is 12.5. The van der Waals surface area contributed by atoms with Crippen LogP contribution in [0.15, 0.2) is 52.2 Å². The third kappa shape index (κ3) is 2.48. The number of benzene rings is 1. The molecule has 0 saturated heterocycles. The van der Waals surface area contributed by atoms with Gasteiger partial charge in [0.15, 0.2) is 0 Å². The van der Waals surface area contributed by atoms with Gasteiger partial charge >= 0.3 is 6.18 Å². The number of amides is 1. The molecule has 126 valence electrons. The maximum atomic E-state index is 13.4. The fourth-order valence-electron chi connectivity index (χ4n) is 2.49. The highest BCUT2D eigenvalue weighted by atomic mass is 19.4. The Kier molecular flexibility index (Phi) is 3.71. The zero-order valence-electron chi connectivity index (χ0n) is 12.5. The lowest BCUT2D eigenvalue weighted by Crippen LogP contribution is -2.56. The number of nitrogens with zero attached hydrogens (tertiary/aromatic N) is 2. The van der Waals surface area contributed by atoms with Gasteiger partial charge in [-0.05, 0) is 18.6 Å². The molecule has 1 N–H and O–H groups in total. The lowest BCUT2D eigenvalue weighted by Gasteiger charge is -2.32. The van der Waals surface area contributed by atoms with Crippen LogP contribution in [-0.4, -0.2) is 33.6 Å². The minimum absolute atomic E-state index is 0.0232. The predicted molar refractivity (Wildman–Crippen MR) is 78.2 cm³/mol. The summed E-state index contributed by atoms with van der Waals surface area (Å²) in [5, 5.41) is 14.1. The second-order valence-corrected chi connectivity index (χ2v) is 5.41. The number of halogens is 3. The van der Waals surface area contributed by atoms with Crippen LogP contribution in [0.2, 0.25) is 0 Å². The van der Waals surface area contributed by atoms with Crippen LogP contribution in [-0.2, 0) is 0 Å². The van der Waals surface area contributed by atoms with Crippen LogP contribution in [0.5, 0.6) is 0 Å². The normalized spacial score (nSPS) is 21.0. The molecule has 1 atom stereocenters. The molecule has 2 aromatic rings. The second kappa shape index (κ2) is 5.48. The minimum Gasteiger partial charge on any atom is -0.469 e. The van der Waals surface area contributed by atoms with E-state index in [1.165, 1.54) is 19.3 Å². The van der Waals surface area contributed by atoms with Gasteiger partial charge in [-0.25, -0.2) is 0 Å². The summed E-state index contributed by atoms with van der Waals surface area (Å²) < 4.78 is 45.3. The Bertz CT molecular complexity index is 798. The van der Waals surface area contributed by atoms with E-state index < -0.39 is 24.2 Å². The standard InChI is InChI=1S/C16H13F3N2O3/c1-10-12(7-8-24-10)14(22)21-15(23,16(17,18)19)9-13(20-21)11-5-3-2-4-6-11/h2-8,23H,9H2,1H3. The Morgan fingerprint density at radius 3 is 2.50 bits per heavy atom. The molecule has 0 saturated carbocycles. The lowest BCUT2D eigenvalue weighted by molar-refractivity contribution is -0.297. The molecule has 1 unspecified atom stereocenters. The van der Waals surface area contributed by atoms with Crippen molar-refractivity contribution in [3.05, 3.63) is 59.5 Å². The van der Waals surface area contributed by atoms with E-state index in [2.05, 4.69) is 5.10 Å². The minimum atomic E-state index is -5.07. The van der Waals surface area contributed by atoms with Crippen molar-refractivity contribution in [2.75, 3.05) is 0 Å². The first-order chi connectivity index (χ1) is 11.2. The highest BCUT2D eigenvalue weighted by Crippen LogP contribution is 2.42. The summed E-state index contributed by atoms with van der Waals surface area (Å²) in [6.45, 7) is 1.44. The summed E-state index contributed by atoms with van der Waals surface area (Å²) in [6.07, 6.45) is -4.73. The monoisotopic (exact) mass is 338 g/mol. The van der Waals surface area contributed by atoms with Gasteiger partial charge in [-0.3, -0.25) is 4.79 Å². The summed E-state index contributed by atoms with van der Waals surface area (Å²) >= 11 is 0. The number of carbonyl (C=O) groups is 1. The van der Waals surface area contributed by atoms with Gasteiger partial charge in [0, 0.05) is 0 Å². The summed E-state index contributed by atoms with van der Waals surface area (Å²) in [5.41, 5.74) is -3.11. The molecule has 1 aromatic carbocycles. The van der Waals surface area contributed by atoms with Gasteiger partial charge in [0.2, 0.25) is 0 Å². The number of hydrogen-bond acceptors (Lipinski definition) is 4. The van der Waals surface area contributed by atoms with Gasteiger partial charge in [-0.15, -0.1) is 0 Å². The van der Waals surface area contributed by atoms with Gasteiger partial charge in [-0.1, -0.05) is 30.3 Å². The van der Waals surface area contributed by atoms with Crippen molar-refractivity contribution in [2.24, 2.45) is 5.10 Å². The molecule has 1 amide bonds. The highest BCUT2D eigenvalue weighted by molar-refractivity contribution is 6.05. The van der Waals surface area contributed by atoms with Crippen molar-refractivity contribution in [3.8, 4) is 0 Å². The summed E-state index contributed by atoms with van der Waals surface area (Å²) in [6, 6.07) is 9.33. The average molecular weight is 338 g/mol. The zero-order valence-corrected chi connectivity index (χ0v) is 12.5. The van der Waals surface area contributed by atoms with E-state index in [0.29, 0.717) is 5.56 Å². The van der Waals surface area contributed by atoms with Crippen LogP contribution in [0, 0.1) is 6.92 Å². The summed E-state index contributed by atoms with van der Waals surface area (Å²) in [5.74, 6) is -0.931. The number of carbonyl (C=O) groups excluding carboxylic acids is 1. The van der Waals surface area contributed by atoms with E-state index in [1.54, 1.807) is 30.3 Å². The molecule has 0 spiro atoms. The molecule has 1 aliphatic rings. The highest BCUT2D eigenvalue weighted by Gasteiger charge is 2.63. The van der Waals surface area contributed by atoms with Crippen LogP contribution in [0.25, 0.3) is 0 Å². The van der Waals surface area contributed by atoms with Gasteiger partial charge in [0.1, 0.15) is 5.76 Å². The molecular weight excluding hydrogens is 325 g/mol. The molecular formula is C16H13F3N2O3. The molecule has 3 rings (SSSR count). The molecule has 0 radical (unpaired) electrons. The number of hydrogen-bond donors (Lipinski definition) is 1. The maximum Gasteiger partial charge on any atom is 0.438 e. The van der Waals surface area contributed by atoms with E-state index in [9.17, 15) is 23.1 Å². The van der Waals surface area contributed by atoms with Crippen molar-refractivity contribution >= 4 is 11.6 Å². The Hall–Kier alpha value is -2.61. The van der Waals surface area contributed by atoms with Crippen LogP contribution >= 0.6 is 0 Å². The molecule has 2 heterocycles. The first kappa shape index (κ1) is 16.3. The number of aliphatic hydroxyl groups is 1.